The smallest absolute Gasteiger partial charge is 0.223 e. The molecule has 0 radical (unpaired) electrons. The van der Waals surface area contributed by atoms with Gasteiger partial charge in [-0.3, -0.25) is 9.59 Å². The van der Waals surface area contributed by atoms with Crippen molar-refractivity contribution in [3.63, 3.8) is 0 Å². The largest absolute Gasteiger partial charge is 0.466 e. The van der Waals surface area contributed by atoms with Gasteiger partial charge in [0.2, 0.25) is 5.91 Å². The van der Waals surface area contributed by atoms with Crippen LogP contribution < -0.4 is 0 Å². The molecule has 1 aliphatic heterocycles. The van der Waals surface area contributed by atoms with Crippen molar-refractivity contribution in [3.8, 4) is 0 Å². The van der Waals surface area contributed by atoms with E-state index >= 15 is 0 Å². The Balaban J connectivity index is 1.60. The highest BCUT2D eigenvalue weighted by Crippen LogP contribution is 2.17. The fourth-order valence-electron chi connectivity index (χ4n) is 3.10. The van der Waals surface area contributed by atoms with Gasteiger partial charge in [-0.2, -0.15) is 0 Å². The Bertz CT molecular complexity index is 722. The van der Waals surface area contributed by atoms with Crippen LogP contribution in [0.5, 0.6) is 0 Å². The predicted octanol–water partition coefficient (Wildman–Crippen LogP) is 3.02. The Morgan fingerprint density at radius 2 is 1.96 bits per heavy atom. The molecule has 1 aliphatic rings. The second kappa shape index (κ2) is 8.12. The maximum atomic E-state index is 12.6. The van der Waals surface area contributed by atoms with Crippen molar-refractivity contribution in [3.05, 3.63) is 59.5 Å². The zero-order valence-corrected chi connectivity index (χ0v) is 14.4. The van der Waals surface area contributed by atoms with Crippen molar-refractivity contribution in [2.45, 2.75) is 32.2 Å². The molecule has 0 aliphatic carbocycles. The van der Waals surface area contributed by atoms with E-state index in [4.69, 9.17) is 9.15 Å². The molecule has 1 fully saturated rings. The van der Waals surface area contributed by atoms with Gasteiger partial charge in [0.05, 0.1) is 19.3 Å². The summed E-state index contributed by atoms with van der Waals surface area (Å²) >= 11 is 0. The van der Waals surface area contributed by atoms with Gasteiger partial charge >= 0.3 is 0 Å². The van der Waals surface area contributed by atoms with Crippen LogP contribution in [0.15, 0.2) is 46.9 Å². The normalized spacial score (nSPS) is 17.5. The summed E-state index contributed by atoms with van der Waals surface area (Å²) in [6.07, 6.45) is 1.24. The maximum Gasteiger partial charge on any atom is 0.223 e. The molecule has 2 aromatic rings. The number of morpholine rings is 1. The Morgan fingerprint density at radius 1 is 1.16 bits per heavy atom. The highest BCUT2D eigenvalue weighted by atomic mass is 16.5. The number of benzene rings is 1. The molecule has 3 rings (SSSR count). The molecular weight excluding hydrogens is 318 g/mol. The highest BCUT2D eigenvalue weighted by Gasteiger charge is 2.29. The summed E-state index contributed by atoms with van der Waals surface area (Å²) in [4.78, 5) is 26.9. The fourth-order valence-corrected chi connectivity index (χ4v) is 3.10. The van der Waals surface area contributed by atoms with Crippen molar-refractivity contribution in [1.82, 2.24) is 4.90 Å². The minimum atomic E-state index is -0.202. The first-order chi connectivity index (χ1) is 12.1. The second-order valence-corrected chi connectivity index (χ2v) is 6.32. The summed E-state index contributed by atoms with van der Waals surface area (Å²) in [6.45, 7) is 3.34. The number of hydrogen-bond donors (Lipinski definition) is 0. The van der Waals surface area contributed by atoms with Crippen molar-refractivity contribution in [2.24, 2.45) is 0 Å². The van der Waals surface area contributed by atoms with Gasteiger partial charge < -0.3 is 14.1 Å². The molecule has 2 heterocycles. The van der Waals surface area contributed by atoms with Gasteiger partial charge in [-0.1, -0.05) is 30.3 Å². The number of rotatable bonds is 6. The molecule has 1 aromatic carbocycles. The van der Waals surface area contributed by atoms with Gasteiger partial charge in [-0.15, -0.1) is 0 Å². The highest BCUT2D eigenvalue weighted by molar-refractivity contribution is 5.96. The van der Waals surface area contributed by atoms with Crippen LogP contribution in [0, 0.1) is 6.92 Å². The molecular formula is C20H23NO4. The molecule has 1 saturated heterocycles. The number of carbonyl (C=O) groups excluding carboxylic acids is 2. The van der Waals surface area contributed by atoms with Crippen molar-refractivity contribution in [2.75, 3.05) is 19.8 Å². The number of amides is 1. The number of ether oxygens (including phenoxy) is 1. The minimum absolute atomic E-state index is 0.0376. The zero-order chi connectivity index (χ0) is 17.6. The number of aryl methyl sites for hydroxylation is 2. The SMILES string of the molecule is Cc1ccc(CCC(=O)N2CCOCC2CC(=O)c2ccccc2)o1. The second-order valence-electron chi connectivity index (χ2n) is 6.32. The monoisotopic (exact) mass is 341 g/mol. The standard InChI is InChI=1S/C20H23NO4/c1-15-7-8-18(25-15)9-10-20(23)21-11-12-24-14-17(21)13-19(22)16-5-3-2-4-6-16/h2-8,17H,9-14H2,1H3. The van der Waals surface area contributed by atoms with Crippen LogP contribution in [0.2, 0.25) is 0 Å². The lowest BCUT2D eigenvalue weighted by Crippen LogP contribution is -2.49. The Kier molecular flexibility index (Phi) is 5.66. The van der Waals surface area contributed by atoms with Gasteiger partial charge in [0.1, 0.15) is 11.5 Å². The van der Waals surface area contributed by atoms with E-state index in [0.29, 0.717) is 38.2 Å². The van der Waals surface area contributed by atoms with Crippen molar-refractivity contribution < 1.29 is 18.7 Å². The fraction of sp³-hybridized carbons (Fsp3) is 0.400. The van der Waals surface area contributed by atoms with Gasteiger partial charge in [0.15, 0.2) is 5.78 Å². The van der Waals surface area contributed by atoms with E-state index in [-0.39, 0.29) is 24.2 Å². The summed E-state index contributed by atoms with van der Waals surface area (Å²) in [6, 6.07) is 12.8. The zero-order valence-electron chi connectivity index (χ0n) is 14.4. The number of furan rings is 1. The third-order valence-electron chi connectivity index (χ3n) is 4.45. The quantitative estimate of drug-likeness (QED) is 0.758. The predicted molar refractivity (Wildman–Crippen MR) is 93.5 cm³/mol. The molecule has 0 N–H and O–H groups in total. The Morgan fingerprint density at radius 3 is 2.68 bits per heavy atom. The third kappa shape index (κ3) is 4.57. The molecule has 0 spiro atoms. The van der Waals surface area contributed by atoms with Gasteiger partial charge in [0.25, 0.3) is 0 Å². The molecule has 5 nitrogen and oxygen atoms in total. The average Bonchev–Trinajstić information content (AvgIpc) is 3.06. The first-order valence-corrected chi connectivity index (χ1v) is 8.64. The van der Waals surface area contributed by atoms with E-state index in [1.165, 1.54) is 0 Å². The summed E-state index contributed by atoms with van der Waals surface area (Å²) in [5, 5.41) is 0. The molecule has 1 atom stereocenters. The van der Waals surface area contributed by atoms with Gasteiger partial charge in [-0.25, -0.2) is 0 Å². The maximum absolute atomic E-state index is 12.6. The van der Waals surface area contributed by atoms with Crippen molar-refractivity contribution >= 4 is 11.7 Å². The topological polar surface area (TPSA) is 59.8 Å². The third-order valence-corrected chi connectivity index (χ3v) is 4.45. The number of ketones is 1. The molecule has 132 valence electrons. The summed E-state index contributed by atoms with van der Waals surface area (Å²) in [5.41, 5.74) is 0.673. The van der Waals surface area contributed by atoms with Gasteiger partial charge in [-0.05, 0) is 19.1 Å². The van der Waals surface area contributed by atoms with E-state index < -0.39 is 0 Å². The lowest BCUT2D eigenvalue weighted by Gasteiger charge is -2.35. The summed E-state index contributed by atoms with van der Waals surface area (Å²) in [7, 11) is 0. The lowest BCUT2D eigenvalue weighted by molar-refractivity contribution is -0.139. The Labute approximate surface area is 147 Å². The molecule has 0 bridgehead atoms. The van der Waals surface area contributed by atoms with Crippen LogP contribution in [0.1, 0.15) is 34.7 Å². The number of Topliss-reactive ketones (excluding diaryl/α,β-unsaturated/α-hetero) is 1. The molecule has 1 unspecified atom stereocenters. The van der Waals surface area contributed by atoms with Crippen LogP contribution in [0.3, 0.4) is 0 Å². The van der Waals surface area contributed by atoms with E-state index in [1.807, 2.05) is 37.3 Å². The lowest BCUT2D eigenvalue weighted by atomic mass is 10.0. The number of nitrogens with zero attached hydrogens (tertiary/aromatic N) is 1. The van der Waals surface area contributed by atoms with E-state index in [1.54, 1.807) is 17.0 Å². The Hall–Kier alpha value is -2.40. The molecule has 5 heteroatoms. The van der Waals surface area contributed by atoms with Crippen LogP contribution in [-0.2, 0) is 16.0 Å². The van der Waals surface area contributed by atoms with E-state index in [0.717, 1.165) is 11.5 Å². The first-order valence-electron chi connectivity index (χ1n) is 8.64. The van der Waals surface area contributed by atoms with Crippen LogP contribution in [0.25, 0.3) is 0 Å². The van der Waals surface area contributed by atoms with E-state index in [2.05, 4.69) is 0 Å². The summed E-state index contributed by atoms with van der Waals surface area (Å²) in [5.74, 6) is 1.75. The number of carbonyl (C=O) groups is 2. The molecule has 1 amide bonds. The van der Waals surface area contributed by atoms with Crippen LogP contribution in [-0.4, -0.2) is 42.4 Å². The minimum Gasteiger partial charge on any atom is -0.466 e. The first kappa shape index (κ1) is 17.4. The van der Waals surface area contributed by atoms with Crippen LogP contribution >= 0.6 is 0 Å². The average molecular weight is 341 g/mol. The molecule has 25 heavy (non-hydrogen) atoms. The number of hydrogen-bond acceptors (Lipinski definition) is 4. The van der Waals surface area contributed by atoms with Crippen LogP contribution in [0.4, 0.5) is 0 Å². The molecule has 1 aromatic heterocycles. The molecule has 0 saturated carbocycles. The van der Waals surface area contributed by atoms with Gasteiger partial charge in [0, 0.05) is 31.4 Å². The van der Waals surface area contributed by atoms with Crippen molar-refractivity contribution in [1.29, 1.82) is 0 Å². The van der Waals surface area contributed by atoms with E-state index in [9.17, 15) is 9.59 Å². The summed E-state index contributed by atoms with van der Waals surface area (Å²) < 4.78 is 11.0.